The Morgan fingerprint density at radius 1 is 1.12 bits per heavy atom. The Labute approximate surface area is 194 Å². The van der Waals surface area contributed by atoms with Crippen molar-refractivity contribution < 1.29 is 32.6 Å². The molecule has 0 aromatic heterocycles. The topological polar surface area (TPSA) is 130 Å². The summed E-state index contributed by atoms with van der Waals surface area (Å²) in [5.74, 6) is -1.97. The highest BCUT2D eigenvalue weighted by atomic mass is 32.2. The molecule has 9 nitrogen and oxygen atoms in total. The van der Waals surface area contributed by atoms with Gasteiger partial charge < -0.3 is 14.7 Å². The van der Waals surface area contributed by atoms with E-state index in [1.54, 1.807) is 19.1 Å². The van der Waals surface area contributed by atoms with Gasteiger partial charge in [0.05, 0.1) is 24.3 Å². The number of carbonyl (C=O) groups excluding carboxylic acids is 2. The van der Waals surface area contributed by atoms with Crippen LogP contribution in [0.3, 0.4) is 0 Å². The summed E-state index contributed by atoms with van der Waals surface area (Å²) < 4.78 is 33.1. The number of carbonyl (C=O) groups is 3. The minimum absolute atomic E-state index is 0.0167. The Kier molecular flexibility index (Phi) is 8.47. The van der Waals surface area contributed by atoms with Crippen LogP contribution < -0.4 is 4.72 Å². The molecule has 1 aromatic rings. The van der Waals surface area contributed by atoms with E-state index in [1.165, 1.54) is 29.9 Å². The van der Waals surface area contributed by atoms with Crippen LogP contribution in [0.2, 0.25) is 0 Å². The number of benzene rings is 1. The fourth-order valence-corrected chi connectivity index (χ4v) is 5.48. The maximum atomic E-state index is 13.2. The van der Waals surface area contributed by atoms with Crippen LogP contribution in [0.4, 0.5) is 0 Å². The number of ether oxygens (including phenoxy) is 1. The summed E-state index contributed by atoms with van der Waals surface area (Å²) in [6, 6.07) is 4.97. The average Bonchev–Trinajstić information content (AvgIpc) is 3.45. The average molecular weight is 481 g/mol. The molecule has 1 aromatic carbocycles. The van der Waals surface area contributed by atoms with Crippen molar-refractivity contribution in [2.75, 3.05) is 13.2 Å². The van der Waals surface area contributed by atoms with Crippen LogP contribution in [0.1, 0.15) is 69.8 Å². The van der Waals surface area contributed by atoms with Gasteiger partial charge in [0.2, 0.25) is 15.9 Å². The third-order valence-electron chi connectivity index (χ3n) is 6.12. The number of esters is 1. The van der Waals surface area contributed by atoms with Crippen molar-refractivity contribution in [2.24, 2.45) is 0 Å². The third-order valence-corrected chi connectivity index (χ3v) is 7.61. The SMILES string of the molecule is CCOC(=O)CCN(C(=O)[C@H](CC(=O)O)NS(=O)(=O)c1ccc(C2CCCC2)cc1)C1CC1. The molecule has 2 saturated carbocycles. The molecular weight excluding hydrogens is 448 g/mol. The molecular formula is C23H32N2O7S. The predicted octanol–water partition coefficient (Wildman–Crippen LogP) is 2.41. The molecule has 2 aliphatic carbocycles. The summed E-state index contributed by atoms with van der Waals surface area (Å²) in [7, 11) is -4.12. The molecule has 10 heteroatoms. The van der Waals surface area contributed by atoms with Crippen molar-refractivity contribution >= 4 is 27.9 Å². The fraction of sp³-hybridized carbons (Fsp3) is 0.609. The first-order valence-corrected chi connectivity index (χ1v) is 13.0. The highest BCUT2D eigenvalue weighted by Crippen LogP contribution is 2.34. The summed E-state index contributed by atoms with van der Waals surface area (Å²) in [4.78, 5) is 37.7. The molecule has 0 aliphatic heterocycles. The molecule has 2 N–H and O–H groups in total. The Bertz CT molecular complexity index is 952. The molecule has 0 unspecified atom stereocenters. The van der Waals surface area contributed by atoms with E-state index in [0.29, 0.717) is 5.92 Å². The lowest BCUT2D eigenvalue weighted by molar-refractivity contribution is -0.146. The molecule has 1 amide bonds. The molecule has 0 bridgehead atoms. The van der Waals surface area contributed by atoms with E-state index < -0.39 is 40.3 Å². The number of hydrogen-bond acceptors (Lipinski definition) is 6. The largest absolute Gasteiger partial charge is 0.481 e. The van der Waals surface area contributed by atoms with E-state index in [9.17, 15) is 27.9 Å². The van der Waals surface area contributed by atoms with E-state index in [2.05, 4.69) is 4.72 Å². The number of aliphatic carboxylic acids is 1. The highest BCUT2D eigenvalue weighted by Gasteiger charge is 2.38. The van der Waals surface area contributed by atoms with Gasteiger partial charge in [0.1, 0.15) is 6.04 Å². The van der Waals surface area contributed by atoms with Crippen LogP contribution in [0, 0.1) is 0 Å². The van der Waals surface area contributed by atoms with Gasteiger partial charge in [0, 0.05) is 12.6 Å². The van der Waals surface area contributed by atoms with E-state index >= 15 is 0 Å². The lowest BCUT2D eigenvalue weighted by atomic mass is 9.98. The zero-order valence-corrected chi connectivity index (χ0v) is 19.7. The normalized spacial score (nSPS) is 17.5. The summed E-state index contributed by atoms with van der Waals surface area (Å²) >= 11 is 0. The van der Waals surface area contributed by atoms with Crippen LogP contribution >= 0.6 is 0 Å². The molecule has 2 fully saturated rings. The van der Waals surface area contributed by atoms with Crippen molar-refractivity contribution in [3.8, 4) is 0 Å². The van der Waals surface area contributed by atoms with Crippen molar-refractivity contribution in [3.05, 3.63) is 29.8 Å². The lowest BCUT2D eigenvalue weighted by Gasteiger charge is -2.27. The second-order valence-corrected chi connectivity index (χ2v) is 10.4. The zero-order valence-electron chi connectivity index (χ0n) is 18.9. The van der Waals surface area contributed by atoms with Gasteiger partial charge in [-0.3, -0.25) is 14.4 Å². The molecule has 0 heterocycles. The molecule has 0 spiro atoms. The minimum atomic E-state index is -4.12. The molecule has 0 saturated heterocycles. The van der Waals surface area contributed by atoms with Gasteiger partial charge in [-0.2, -0.15) is 4.72 Å². The molecule has 3 rings (SSSR count). The molecule has 33 heavy (non-hydrogen) atoms. The van der Waals surface area contributed by atoms with E-state index in [-0.39, 0.29) is 30.5 Å². The third kappa shape index (κ3) is 7.01. The smallest absolute Gasteiger partial charge is 0.307 e. The van der Waals surface area contributed by atoms with Gasteiger partial charge in [-0.05, 0) is 56.2 Å². The van der Waals surface area contributed by atoms with Gasteiger partial charge in [0.15, 0.2) is 0 Å². The minimum Gasteiger partial charge on any atom is -0.481 e. The van der Waals surface area contributed by atoms with E-state index in [0.717, 1.165) is 31.2 Å². The van der Waals surface area contributed by atoms with Crippen LogP contribution in [0.15, 0.2) is 29.2 Å². The second kappa shape index (κ2) is 11.1. The summed E-state index contributed by atoms with van der Waals surface area (Å²) in [6.07, 6.45) is 5.22. The number of amides is 1. The van der Waals surface area contributed by atoms with Crippen LogP contribution in [0.25, 0.3) is 0 Å². The number of nitrogens with one attached hydrogen (secondary N) is 1. The van der Waals surface area contributed by atoms with Crippen molar-refractivity contribution in [1.82, 2.24) is 9.62 Å². The first-order chi connectivity index (χ1) is 15.7. The monoisotopic (exact) mass is 480 g/mol. The zero-order chi connectivity index (χ0) is 24.0. The van der Waals surface area contributed by atoms with Crippen LogP contribution in [-0.2, 0) is 29.1 Å². The first kappa shape index (κ1) is 25.2. The Morgan fingerprint density at radius 3 is 2.30 bits per heavy atom. The van der Waals surface area contributed by atoms with Gasteiger partial charge in [-0.1, -0.05) is 25.0 Å². The summed E-state index contributed by atoms with van der Waals surface area (Å²) in [5.41, 5.74) is 1.09. The Balaban J connectivity index is 1.73. The quantitative estimate of drug-likeness (QED) is 0.439. The predicted molar refractivity (Wildman–Crippen MR) is 120 cm³/mol. The van der Waals surface area contributed by atoms with Crippen LogP contribution in [-0.4, -0.2) is 61.5 Å². The highest BCUT2D eigenvalue weighted by molar-refractivity contribution is 7.89. The number of sulfonamides is 1. The number of carboxylic acids is 1. The second-order valence-electron chi connectivity index (χ2n) is 8.64. The lowest BCUT2D eigenvalue weighted by Crippen LogP contribution is -2.50. The maximum absolute atomic E-state index is 13.2. The van der Waals surface area contributed by atoms with Crippen molar-refractivity contribution in [1.29, 1.82) is 0 Å². The summed E-state index contributed by atoms with van der Waals surface area (Å²) in [5, 5.41) is 9.30. The van der Waals surface area contributed by atoms with E-state index in [4.69, 9.17) is 4.74 Å². The van der Waals surface area contributed by atoms with Gasteiger partial charge >= 0.3 is 11.9 Å². The summed E-state index contributed by atoms with van der Waals surface area (Å²) in [6.45, 7) is 1.95. The van der Waals surface area contributed by atoms with Gasteiger partial charge in [-0.15, -0.1) is 0 Å². The van der Waals surface area contributed by atoms with E-state index in [1.807, 2.05) is 0 Å². The number of rotatable bonds is 12. The van der Waals surface area contributed by atoms with Crippen molar-refractivity contribution in [2.45, 2.75) is 81.2 Å². The van der Waals surface area contributed by atoms with Gasteiger partial charge in [0.25, 0.3) is 0 Å². The maximum Gasteiger partial charge on any atom is 0.307 e. The fourth-order valence-electron chi connectivity index (χ4n) is 4.29. The Hall–Kier alpha value is -2.46. The molecule has 2 aliphatic rings. The number of nitrogens with zero attached hydrogens (tertiary/aromatic N) is 1. The van der Waals surface area contributed by atoms with Crippen LogP contribution in [0.5, 0.6) is 0 Å². The molecule has 0 radical (unpaired) electrons. The molecule has 1 atom stereocenters. The molecule has 182 valence electrons. The Morgan fingerprint density at radius 2 is 1.76 bits per heavy atom. The first-order valence-electron chi connectivity index (χ1n) is 11.5. The van der Waals surface area contributed by atoms with Crippen molar-refractivity contribution in [3.63, 3.8) is 0 Å². The van der Waals surface area contributed by atoms with Gasteiger partial charge in [-0.25, -0.2) is 8.42 Å². The standard InChI is InChI=1S/C23H32N2O7S/c1-2-32-22(28)13-14-25(18-9-10-18)23(29)20(15-21(26)27)24-33(30,31)19-11-7-17(8-12-19)16-5-3-4-6-16/h7-8,11-12,16,18,20,24H,2-6,9-10,13-15H2,1H3,(H,26,27)/t20-/m0/s1. The number of hydrogen-bond donors (Lipinski definition) is 2. The number of carboxylic acid groups (broad SMARTS) is 1.